The molecule has 254 valence electrons. The summed E-state index contributed by atoms with van der Waals surface area (Å²) in [6.45, 7) is 0.518. The largest absolute Gasteiger partial charge is 0.482 e. The summed E-state index contributed by atoms with van der Waals surface area (Å²) in [6.07, 6.45) is 0.939. The lowest BCUT2D eigenvalue weighted by atomic mass is 10.0. The number of aliphatic hydroxyl groups is 2. The van der Waals surface area contributed by atoms with Crippen LogP contribution in [-0.2, 0) is 19.6 Å². The number of nitro groups is 1. The second-order valence-corrected chi connectivity index (χ2v) is 11.9. The molecule has 1 heterocycles. The maximum Gasteiger partial charge on any atom is 0.311 e. The van der Waals surface area contributed by atoms with Crippen LogP contribution in [0.25, 0.3) is 10.9 Å². The molecule has 0 radical (unpaired) electrons. The number of nitro benzene ring substituents is 1. The molecule has 1 aromatic heterocycles. The molecular weight excluding hydrogens is 637 g/mol. The highest BCUT2D eigenvalue weighted by Crippen LogP contribution is 2.33. The number of rotatable bonds is 15. The van der Waals surface area contributed by atoms with E-state index in [1.807, 2.05) is 89.8 Å². The number of pyridine rings is 1. The molecule has 0 aliphatic carbocycles. The zero-order valence-corrected chi connectivity index (χ0v) is 27.1. The lowest BCUT2D eigenvalue weighted by molar-refractivity contribution is -0.386. The summed E-state index contributed by atoms with van der Waals surface area (Å²) in [4.78, 5) is 17.7. The quantitative estimate of drug-likeness (QED) is 0.0838. The molecule has 9 nitrogen and oxygen atoms in total. The fraction of sp³-hybridized carbons (Fsp3) is 0.175. The molecular formula is C40H36FN3O6. The monoisotopic (exact) mass is 673 g/mol. The Labute approximate surface area is 289 Å². The molecule has 2 atom stereocenters. The lowest BCUT2D eigenvalue weighted by Gasteiger charge is -2.32. The predicted octanol–water partition coefficient (Wildman–Crippen LogP) is 7.79. The number of aliphatic hydroxyl groups excluding tert-OH is 2. The van der Waals surface area contributed by atoms with Crippen LogP contribution in [0.1, 0.15) is 28.4 Å². The zero-order valence-electron chi connectivity index (χ0n) is 27.1. The van der Waals surface area contributed by atoms with Gasteiger partial charge in [0, 0.05) is 42.8 Å². The Morgan fingerprint density at radius 2 is 1.54 bits per heavy atom. The van der Waals surface area contributed by atoms with E-state index in [1.165, 1.54) is 24.3 Å². The highest BCUT2D eigenvalue weighted by atomic mass is 19.1. The summed E-state index contributed by atoms with van der Waals surface area (Å²) in [5.74, 6) is 0.875. The molecule has 10 heteroatoms. The van der Waals surface area contributed by atoms with Crippen molar-refractivity contribution in [1.82, 2.24) is 9.88 Å². The number of ether oxygens (including phenoxy) is 2. The second kappa shape index (κ2) is 16.1. The molecule has 6 aromatic rings. The Morgan fingerprint density at radius 3 is 2.24 bits per heavy atom. The van der Waals surface area contributed by atoms with Gasteiger partial charge in [0.05, 0.1) is 23.2 Å². The number of aromatic nitrogens is 1. The molecule has 5 aromatic carbocycles. The summed E-state index contributed by atoms with van der Waals surface area (Å²) < 4.78 is 25.6. The molecule has 0 fully saturated rings. The van der Waals surface area contributed by atoms with Gasteiger partial charge in [0.15, 0.2) is 5.75 Å². The van der Waals surface area contributed by atoms with Gasteiger partial charge in [-0.1, -0.05) is 78.9 Å². The van der Waals surface area contributed by atoms with E-state index in [-0.39, 0.29) is 43.1 Å². The van der Waals surface area contributed by atoms with Gasteiger partial charge in [0.1, 0.15) is 23.9 Å². The van der Waals surface area contributed by atoms with Crippen LogP contribution in [0.15, 0.2) is 134 Å². The third-order valence-electron chi connectivity index (χ3n) is 8.45. The van der Waals surface area contributed by atoms with E-state index >= 15 is 0 Å². The molecule has 0 spiro atoms. The van der Waals surface area contributed by atoms with Crippen molar-refractivity contribution in [2.45, 2.75) is 31.7 Å². The lowest BCUT2D eigenvalue weighted by Crippen LogP contribution is -2.41. The van der Waals surface area contributed by atoms with Crippen molar-refractivity contribution >= 4 is 16.6 Å². The van der Waals surface area contributed by atoms with E-state index in [4.69, 9.17) is 9.47 Å². The molecule has 2 N–H and O–H groups in total. The van der Waals surface area contributed by atoms with Crippen LogP contribution in [-0.4, -0.2) is 44.2 Å². The predicted molar refractivity (Wildman–Crippen MR) is 188 cm³/mol. The highest BCUT2D eigenvalue weighted by molar-refractivity contribution is 5.85. The van der Waals surface area contributed by atoms with Crippen LogP contribution in [0, 0.1) is 15.9 Å². The molecule has 0 bridgehead atoms. The van der Waals surface area contributed by atoms with Crippen molar-refractivity contribution in [3.8, 4) is 17.2 Å². The van der Waals surface area contributed by atoms with Gasteiger partial charge in [0.2, 0.25) is 0 Å². The average Bonchev–Trinajstić information content (AvgIpc) is 3.14. The van der Waals surface area contributed by atoms with Gasteiger partial charge >= 0.3 is 5.69 Å². The number of hydrogen-bond donors (Lipinski definition) is 2. The van der Waals surface area contributed by atoms with Gasteiger partial charge in [-0.2, -0.15) is 0 Å². The zero-order chi connectivity index (χ0) is 34.9. The summed E-state index contributed by atoms with van der Waals surface area (Å²) in [5.41, 5.74) is 3.42. The minimum Gasteiger partial charge on any atom is -0.482 e. The normalized spacial score (nSPS) is 12.5. The molecule has 0 saturated carbocycles. The van der Waals surface area contributed by atoms with E-state index in [2.05, 4.69) is 4.98 Å². The summed E-state index contributed by atoms with van der Waals surface area (Å²) in [6, 6.07) is 36.8. The van der Waals surface area contributed by atoms with Gasteiger partial charge in [-0.05, 0) is 65.1 Å². The Kier molecular flexibility index (Phi) is 11.0. The Balaban J connectivity index is 1.18. The minimum absolute atomic E-state index is 0.110. The van der Waals surface area contributed by atoms with E-state index in [0.29, 0.717) is 40.9 Å². The number of nitrogens with zero attached hydrogens (tertiary/aromatic N) is 3. The van der Waals surface area contributed by atoms with Crippen LogP contribution in [0.5, 0.6) is 17.2 Å². The number of halogens is 1. The maximum absolute atomic E-state index is 13.7. The molecule has 0 aliphatic heterocycles. The molecule has 50 heavy (non-hydrogen) atoms. The summed E-state index contributed by atoms with van der Waals surface area (Å²) in [7, 11) is 0. The molecule has 6 rings (SSSR count). The van der Waals surface area contributed by atoms with E-state index < -0.39 is 11.0 Å². The van der Waals surface area contributed by atoms with Gasteiger partial charge < -0.3 is 19.7 Å². The average molecular weight is 674 g/mol. The molecule has 0 amide bonds. The topological polar surface area (TPSA) is 118 Å². The summed E-state index contributed by atoms with van der Waals surface area (Å²) in [5, 5.41) is 34.7. The maximum atomic E-state index is 13.7. The third kappa shape index (κ3) is 8.66. The Hall–Kier alpha value is -5.68. The van der Waals surface area contributed by atoms with Crippen LogP contribution >= 0.6 is 0 Å². The number of fused-ring (bicyclic) bond motifs is 1. The van der Waals surface area contributed by atoms with Crippen molar-refractivity contribution in [3.05, 3.63) is 172 Å². The molecule has 0 saturated heterocycles. The van der Waals surface area contributed by atoms with Crippen LogP contribution in [0.3, 0.4) is 0 Å². The van der Waals surface area contributed by atoms with Crippen molar-refractivity contribution < 1.29 is 29.0 Å². The van der Waals surface area contributed by atoms with Gasteiger partial charge in [0.25, 0.3) is 0 Å². The Bertz CT molecular complexity index is 2030. The van der Waals surface area contributed by atoms with Crippen molar-refractivity contribution in [2.24, 2.45) is 0 Å². The first kappa shape index (κ1) is 34.2. The van der Waals surface area contributed by atoms with Gasteiger partial charge in [-0.15, -0.1) is 0 Å². The number of benzene rings is 5. The van der Waals surface area contributed by atoms with Crippen molar-refractivity contribution in [3.63, 3.8) is 0 Å². The minimum atomic E-state index is -1.09. The first-order chi connectivity index (χ1) is 24.4. The summed E-state index contributed by atoms with van der Waals surface area (Å²) >= 11 is 0. The highest BCUT2D eigenvalue weighted by Gasteiger charge is 2.25. The van der Waals surface area contributed by atoms with Gasteiger partial charge in [-0.3, -0.25) is 20.0 Å². The molecule has 0 unspecified atom stereocenters. The van der Waals surface area contributed by atoms with Crippen molar-refractivity contribution in [1.29, 1.82) is 0 Å². The van der Waals surface area contributed by atoms with E-state index in [1.54, 1.807) is 24.4 Å². The van der Waals surface area contributed by atoms with Crippen LogP contribution in [0.2, 0.25) is 0 Å². The molecule has 0 aliphatic rings. The van der Waals surface area contributed by atoms with E-state index in [0.717, 1.165) is 16.7 Å². The standard InChI is InChI=1S/C40H36FN3O6/c41-32-14-17-35-36(23-32)42-20-19-39(35)50-34-15-11-28(12-16-34)21-33(26-45)43(24-29-7-3-1-4-8-29)25-38(46)31-13-18-40(37(22-31)44(47)48)49-27-30-9-5-2-6-10-30/h1-20,22-23,33,38,45-46H,21,24-27H2/t33-,38-/m0/s1. The first-order valence-electron chi connectivity index (χ1n) is 16.2. The first-order valence-corrected chi connectivity index (χ1v) is 16.2. The smallest absolute Gasteiger partial charge is 0.311 e. The fourth-order valence-electron chi connectivity index (χ4n) is 5.82. The van der Waals surface area contributed by atoms with Crippen LogP contribution < -0.4 is 9.47 Å². The van der Waals surface area contributed by atoms with Gasteiger partial charge in [-0.25, -0.2) is 4.39 Å². The third-order valence-corrected chi connectivity index (χ3v) is 8.45. The SMILES string of the molecule is O=[N+]([O-])c1cc([C@@H](O)CN(Cc2ccccc2)[C@H](CO)Cc2ccc(Oc3ccnc4cc(F)ccc34)cc2)ccc1OCc1ccccc1. The van der Waals surface area contributed by atoms with Crippen molar-refractivity contribution in [2.75, 3.05) is 13.2 Å². The number of hydrogen-bond acceptors (Lipinski definition) is 8. The fourth-order valence-corrected chi connectivity index (χ4v) is 5.82. The van der Waals surface area contributed by atoms with Crippen LogP contribution in [0.4, 0.5) is 10.1 Å². The Morgan fingerprint density at radius 1 is 0.820 bits per heavy atom. The second-order valence-electron chi connectivity index (χ2n) is 11.9. The van der Waals surface area contributed by atoms with E-state index in [9.17, 15) is 24.7 Å².